The van der Waals surface area contributed by atoms with Gasteiger partial charge in [0.25, 0.3) is 0 Å². The average molecular weight is 328 g/mol. The van der Waals surface area contributed by atoms with E-state index < -0.39 is 0 Å². The van der Waals surface area contributed by atoms with Crippen molar-refractivity contribution < 1.29 is 0 Å². The van der Waals surface area contributed by atoms with Crippen LogP contribution in [0.15, 0.2) is 30.3 Å². The van der Waals surface area contributed by atoms with Gasteiger partial charge in [-0.15, -0.1) is 11.3 Å². The quantitative estimate of drug-likeness (QED) is 0.700. The van der Waals surface area contributed by atoms with E-state index in [4.69, 9.17) is 23.2 Å². The van der Waals surface area contributed by atoms with E-state index in [1.54, 1.807) is 0 Å². The van der Waals surface area contributed by atoms with Crippen molar-refractivity contribution in [1.29, 1.82) is 0 Å². The van der Waals surface area contributed by atoms with Gasteiger partial charge in [-0.05, 0) is 42.7 Å². The zero-order valence-electron chi connectivity index (χ0n) is 11.7. The molecule has 108 valence electrons. The smallest absolute Gasteiger partial charge is 0.0595 e. The van der Waals surface area contributed by atoms with E-state index in [0.29, 0.717) is 16.1 Å². The maximum Gasteiger partial charge on any atom is 0.0595 e. The topological polar surface area (TPSA) is 12.0 Å². The third kappa shape index (κ3) is 3.98. The van der Waals surface area contributed by atoms with Gasteiger partial charge in [0.2, 0.25) is 0 Å². The summed E-state index contributed by atoms with van der Waals surface area (Å²) in [6, 6.07) is 10.6. The van der Waals surface area contributed by atoms with Crippen molar-refractivity contribution in [2.24, 2.45) is 0 Å². The highest BCUT2D eigenvalue weighted by Gasteiger charge is 2.11. The SMILES string of the molecule is CCc1ccc(CNC(CC)c2ccc(Cl)c(Cl)c2)s1. The highest BCUT2D eigenvalue weighted by Crippen LogP contribution is 2.27. The number of benzene rings is 1. The molecule has 0 spiro atoms. The van der Waals surface area contributed by atoms with Crippen LogP contribution in [0.1, 0.15) is 41.6 Å². The number of nitrogens with one attached hydrogen (secondary N) is 1. The first-order valence-corrected chi connectivity index (χ1v) is 8.47. The number of halogens is 2. The van der Waals surface area contributed by atoms with Gasteiger partial charge in [0, 0.05) is 22.3 Å². The average Bonchev–Trinajstić information content (AvgIpc) is 2.91. The van der Waals surface area contributed by atoms with Crippen LogP contribution in [0.25, 0.3) is 0 Å². The summed E-state index contributed by atoms with van der Waals surface area (Å²) in [6.07, 6.45) is 2.12. The molecule has 0 bridgehead atoms. The molecule has 4 heteroatoms. The highest BCUT2D eigenvalue weighted by molar-refractivity contribution is 7.11. The van der Waals surface area contributed by atoms with E-state index >= 15 is 0 Å². The Balaban J connectivity index is 2.03. The summed E-state index contributed by atoms with van der Waals surface area (Å²) in [6.45, 7) is 5.25. The van der Waals surface area contributed by atoms with Crippen molar-refractivity contribution in [1.82, 2.24) is 5.32 Å². The third-order valence-electron chi connectivity index (χ3n) is 3.34. The zero-order valence-corrected chi connectivity index (χ0v) is 14.1. The molecule has 1 aromatic heterocycles. The molecule has 0 aliphatic carbocycles. The summed E-state index contributed by atoms with van der Waals surface area (Å²) in [7, 11) is 0. The van der Waals surface area contributed by atoms with Crippen molar-refractivity contribution >= 4 is 34.5 Å². The largest absolute Gasteiger partial charge is 0.305 e. The van der Waals surface area contributed by atoms with Crippen LogP contribution >= 0.6 is 34.5 Å². The standard InChI is InChI=1S/C16H19Cl2NS/c1-3-12-6-7-13(20-12)10-19-16(4-2)11-5-8-14(17)15(18)9-11/h5-9,16,19H,3-4,10H2,1-2H3. The molecule has 0 saturated carbocycles. The molecule has 20 heavy (non-hydrogen) atoms. The molecule has 2 rings (SSSR count). The molecule has 2 aromatic rings. The van der Waals surface area contributed by atoms with Crippen LogP contribution < -0.4 is 5.32 Å². The van der Waals surface area contributed by atoms with Crippen molar-refractivity contribution in [3.05, 3.63) is 55.7 Å². The van der Waals surface area contributed by atoms with Gasteiger partial charge in [-0.3, -0.25) is 0 Å². The van der Waals surface area contributed by atoms with Crippen molar-refractivity contribution in [3.63, 3.8) is 0 Å². The number of aryl methyl sites for hydroxylation is 1. The monoisotopic (exact) mass is 327 g/mol. The molecule has 1 aromatic carbocycles. The molecule has 1 unspecified atom stereocenters. The number of thiophene rings is 1. The molecular weight excluding hydrogens is 309 g/mol. The van der Waals surface area contributed by atoms with Gasteiger partial charge in [0.05, 0.1) is 10.0 Å². The molecule has 1 N–H and O–H groups in total. The molecule has 1 atom stereocenters. The summed E-state index contributed by atoms with van der Waals surface area (Å²) < 4.78 is 0. The zero-order chi connectivity index (χ0) is 14.5. The van der Waals surface area contributed by atoms with Gasteiger partial charge in [-0.1, -0.05) is 43.1 Å². The van der Waals surface area contributed by atoms with E-state index in [1.165, 1.54) is 15.3 Å². The fourth-order valence-corrected chi connectivity index (χ4v) is 3.37. The number of rotatable bonds is 6. The van der Waals surface area contributed by atoms with Crippen LogP contribution in [0.4, 0.5) is 0 Å². The molecule has 0 aliphatic heterocycles. The maximum absolute atomic E-state index is 6.10. The predicted molar refractivity (Wildman–Crippen MR) is 90.0 cm³/mol. The molecule has 1 nitrogen and oxygen atoms in total. The first-order chi connectivity index (χ1) is 9.63. The molecular formula is C16H19Cl2NS. The Morgan fingerprint density at radius 3 is 2.40 bits per heavy atom. The Morgan fingerprint density at radius 2 is 1.80 bits per heavy atom. The molecule has 0 saturated heterocycles. The summed E-state index contributed by atoms with van der Waals surface area (Å²) >= 11 is 13.9. The first kappa shape index (κ1) is 15.8. The molecule has 1 heterocycles. The van der Waals surface area contributed by atoms with Crippen LogP contribution in [-0.2, 0) is 13.0 Å². The Kier molecular flexibility index (Phi) is 5.91. The summed E-state index contributed by atoms with van der Waals surface area (Å²) in [5.74, 6) is 0. The highest BCUT2D eigenvalue weighted by atomic mass is 35.5. The van der Waals surface area contributed by atoms with E-state index in [9.17, 15) is 0 Å². The Hall–Kier alpha value is -0.540. The lowest BCUT2D eigenvalue weighted by Crippen LogP contribution is -2.19. The second kappa shape index (κ2) is 7.46. The van der Waals surface area contributed by atoms with Gasteiger partial charge in [-0.2, -0.15) is 0 Å². The van der Waals surface area contributed by atoms with E-state index in [2.05, 4.69) is 31.3 Å². The van der Waals surface area contributed by atoms with Gasteiger partial charge in [-0.25, -0.2) is 0 Å². The fourth-order valence-electron chi connectivity index (χ4n) is 2.16. The van der Waals surface area contributed by atoms with Gasteiger partial charge < -0.3 is 5.32 Å². The van der Waals surface area contributed by atoms with E-state index in [-0.39, 0.29) is 0 Å². The van der Waals surface area contributed by atoms with Crippen molar-refractivity contribution in [3.8, 4) is 0 Å². The lowest BCUT2D eigenvalue weighted by Gasteiger charge is -2.17. The Bertz CT molecular complexity index is 565. The summed E-state index contributed by atoms with van der Waals surface area (Å²) in [5, 5.41) is 4.82. The molecule has 0 aliphatic rings. The summed E-state index contributed by atoms with van der Waals surface area (Å²) in [5.41, 5.74) is 1.19. The van der Waals surface area contributed by atoms with Gasteiger partial charge >= 0.3 is 0 Å². The van der Waals surface area contributed by atoms with E-state index in [1.807, 2.05) is 29.5 Å². The first-order valence-electron chi connectivity index (χ1n) is 6.90. The normalized spacial score (nSPS) is 12.6. The second-order valence-electron chi connectivity index (χ2n) is 4.74. The minimum Gasteiger partial charge on any atom is -0.305 e. The predicted octanol–water partition coefficient (Wildman–Crippen LogP) is 5.86. The minimum absolute atomic E-state index is 0.303. The van der Waals surface area contributed by atoms with Gasteiger partial charge in [0.15, 0.2) is 0 Å². The van der Waals surface area contributed by atoms with E-state index in [0.717, 1.165) is 19.4 Å². The third-order valence-corrected chi connectivity index (χ3v) is 5.31. The van der Waals surface area contributed by atoms with Crippen LogP contribution in [0.3, 0.4) is 0 Å². The minimum atomic E-state index is 0.303. The maximum atomic E-state index is 6.10. The Labute approximate surface area is 134 Å². The molecule has 0 amide bonds. The summed E-state index contributed by atoms with van der Waals surface area (Å²) in [4.78, 5) is 2.81. The van der Waals surface area contributed by atoms with Gasteiger partial charge in [0.1, 0.15) is 0 Å². The lowest BCUT2D eigenvalue weighted by atomic mass is 10.0. The molecule has 0 fully saturated rings. The second-order valence-corrected chi connectivity index (χ2v) is 6.80. The Morgan fingerprint density at radius 1 is 1.05 bits per heavy atom. The lowest BCUT2D eigenvalue weighted by molar-refractivity contribution is 0.522. The number of hydrogen-bond acceptors (Lipinski definition) is 2. The van der Waals surface area contributed by atoms with Crippen LogP contribution in [0, 0.1) is 0 Å². The van der Waals surface area contributed by atoms with Crippen molar-refractivity contribution in [2.75, 3.05) is 0 Å². The fraction of sp³-hybridized carbons (Fsp3) is 0.375. The van der Waals surface area contributed by atoms with Crippen molar-refractivity contribution in [2.45, 2.75) is 39.3 Å². The molecule has 0 radical (unpaired) electrons. The van der Waals surface area contributed by atoms with Crippen LogP contribution in [0.2, 0.25) is 10.0 Å². The van der Waals surface area contributed by atoms with Crippen LogP contribution in [0.5, 0.6) is 0 Å². The van der Waals surface area contributed by atoms with Crippen LogP contribution in [-0.4, -0.2) is 0 Å². The number of hydrogen-bond donors (Lipinski definition) is 1.